The number of hydrogen-bond acceptors (Lipinski definition) is 3. The number of nitrogens with one attached hydrogen (secondary N) is 1. The van der Waals surface area contributed by atoms with E-state index in [0.717, 1.165) is 13.0 Å². The molecule has 1 aliphatic rings. The Morgan fingerprint density at radius 2 is 1.86 bits per heavy atom. The van der Waals surface area contributed by atoms with Crippen LogP contribution >= 0.6 is 0 Å². The van der Waals surface area contributed by atoms with E-state index in [1.54, 1.807) is 20.8 Å². The van der Waals surface area contributed by atoms with Gasteiger partial charge < -0.3 is 5.32 Å². The lowest BCUT2D eigenvalue weighted by Crippen LogP contribution is -2.31. The van der Waals surface area contributed by atoms with Crippen LogP contribution in [-0.2, 0) is 9.84 Å². The Hall–Kier alpha value is -0.0900. The first kappa shape index (κ1) is 12.0. The van der Waals surface area contributed by atoms with Crippen molar-refractivity contribution in [3.05, 3.63) is 0 Å². The monoisotopic (exact) mass is 219 g/mol. The number of sulfone groups is 1. The van der Waals surface area contributed by atoms with Crippen LogP contribution < -0.4 is 5.32 Å². The Balaban J connectivity index is 2.21. The van der Waals surface area contributed by atoms with E-state index < -0.39 is 14.6 Å². The standard InChI is InChI=1S/C10H21NO2S/c1-10(2,3)14(12,13)8-4-7-11-9-5-6-9/h9,11H,4-8H2,1-3H3. The van der Waals surface area contributed by atoms with Crippen LogP contribution in [-0.4, -0.2) is 31.5 Å². The van der Waals surface area contributed by atoms with E-state index in [0.29, 0.717) is 11.8 Å². The van der Waals surface area contributed by atoms with Gasteiger partial charge >= 0.3 is 0 Å². The summed E-state index contributed by atoms with van der Waals surface area (Å²) >= 11 is 0. The third kappa shape index (κ3) is 3.58. The Labute approximate surface area is 87.2 Å². The first-order chi connectivity index (χ1) is 6.33. The second-order valence-corrected chi connectivity index (χ2v) is 7.88. The molecule has 0 aliphatic heterocycles. The van der Waals surface area contributed by atoms with Crippen molar-refractivity contribution in [2.24, 2.45) is 0 Å². The summed E-state index contributed by atoms with van der Waals surface area (Å²) in [6.07, 6.45) is 3.24. The largest absolute Gasteiger partial charge is 0.314 e. The fourth-order valence-electron chi connectivity index (χ4n) is 1.16. The summed E-state index contributed by atoms with van der Waals surface area (Å²) in [5.74, 6) is 0.302. The van der Waals surface area contributed by atoms with E-state index >= 15 is 0 Å². The molecule has 0 radical (unpaired) electrons. The molecule has 0 aromatic rings. The topological polar surface area (TPSA) is 46.2 Å². The second-order valence-electron chi connectivity index (χ2n) is 5.01. The minimum absolute atomic E-state index is 0.302. The van der Waals surface area contributed by atoms with Gasteiger partial charge in [0.1, 0.15) is 0 Å². The van der Waals surface area contributed by atoms with Crippen LogP contribution in [0.3, 0.4) is 0 Å². The summed E-state index contributed by atoms with van der Waals surface area (Å²) in [5, 5.41) is 3.32. The number of hydrogen-bond donors (Lipinski definition) is 1. The van der Waals surface area contributed by atoms with Gasteiger partial charge in [-0.15, -0.1) is 0 Å². The molecule has 0 spiro atoms. The van der Waals surface area contributed by atoms with E-state index in [1.807, 2.05) is 0 Å². The van der Waals surface area contributed by atoms with Crippen molar-refractivity contribution >= 4 is 9.84 Å². The average molecular weight is 219 g/mol. The van der Waals surface area contributed by atoms with Gasteiger partial charge in [-0.2, -0.15) is 0 Å². The predicted molar refractivity (Wildman–Crippen MR) is 59.2 cm³/mol. The van der Waals surface area contributed by atoms with Gasteiger partial charge in [0, 0.05) is 6.04 Å². The minimum atomic E-state index is -2.92. The maximum atomic E-state index is 11.7. The Morgan fingerprint density at radius 3 is 2.29 bits per heavy atom. The molecule has 14 heavy (non-hydrogen) atoms. The quantitative estimate of drug-likeness (QED) is 0.710. The lowest BCUT2D eigenvalue weighted by molar-refractivity contribution is 0.554. The zero-order valence-corrected chi connectivity index (χ0v) is 10.2. The summed E-state index contributed by atoms with van der Waals surface area (Å²) in [6.45, 7) is 6.12. The van der Waals surface area contributed by atoms with Gasteiger partial charge in [-0.25, -0.2) is 8.42 Å². The molecule has 0 aromatic heterocycles. The summed E-state index contributed by atoms with van der Waals surface area (Å²) in [5.41, 5.74) is 0. The summed E-state index contributed by atoms with van der Waals surface area (Å²) in [6, 6.07) is 0.673. The first-order valence-electron chi connectivity index (χ1n) is 5.28. The smallest absolute Gasteiger partial charge is 0.155 e. The summed E-state index contributed by atoms with van der Waals surface area (Å²) in [7, 11) is -2.92. The van der Waals surface area contributed by atoms with Gasteiger partial charge in [-0.05, 0) is 46.6 Å². The molecule has 1 rings (SSSR count). The maximum absolute atomic E-state index is 11.7. The number of rotatable bonds is 5. The molecule has 0 bridgehead atoms. The molecule has 0 heterocycles. The molecule has 0 saturated heterocycles. The van der Waals surface area contributed by atoms with Crippen LogP contribution in [0.4, 0.5) is 0 Å². The highest BCUT2D eigenvalue weighted by molar-refractivity contribution is 7.92. The highest BCUT2D eigenvalue weighted by atomic mass is 32.2. The van der Waals surface area contributed by atoms with Crippen LogP contribution in [0.2, 0.25) is 0 Å². The molecule has 84 valence electrons. The molecule has 3 nitrogen and oxygen atoms in total. The van der Waals surface area contributed by atoms with Crippen LogP contribution in [0.1, 0.15) is 40.0 Å². The summed E-state index contributed by atoms with van der Waals surface area (Å²) in [4.78, 5) is 0. The summed E-state index contributed by atoms with van der Waals surface area (Å²) < 4.78 is 22.8. The predicted octanol–water partition coefficient (Wildman–Crippen LogP) is 1.34. The normalized spacial score (nSPS) is 18.5. The fourth-order valence-corrected chi connectivity index (χ4v) is 2.30. The third-order valence-electron chi connectivity index (χ3n) is 2.53. The van der Waals surface area contributed by atoms with Gasteiger partial charge in [-0.1, -0.05) is 0 Å². The Kier molecular flexibility index (Phi) is 3.58. The molecule has 0 unspecified atom stereocenters. The highest BCUT2D eigenvalue weighted by Gasteiger charge is 2.28. The van der Waals surface area contributed by atoms with Crippen molar-refractivity contribution in [3.63, 3.8) is 0 Å². The first-order valence-corrected chi connectivity index (χ1v) is 6.94. The van der Waals surface area contributed by atoms with Gasteiger partial charge in [0.25, 0.3) is 0 Å². The van der Waals surface area contributed by atoms with Crippen molar-refractivity contribution in [1.29, 1.82) is 0 Å². The van der Waals surface area contributed by atoms with E-state index in [9.17, 15) is 8.42 Å². The molecular weight excluding hydrogens is 198 g/mol. The lowest BCUT2D eigenvalue weighted by Gasteiger charge is -2.18. The van der Waals surface area contributed by atoms with Gasteiger partial charge in [-0.3, -0.25) is 0 Å². The molecule has 1 fully saturated rings. The van der Waals surface area contributed by atoms with Crippen LogP contribution in [0.25, 0.3) is 0 Å². The fraction of sp³-hybridized carbons (Fsp3) is 1.00. The van der Waals surface area contributed by atoms with Crippen molar-refractivity contribution in [3.8, 4) is 0 Å². The highest BCUT2D eigenvalue weighted by Crippen LogP contribution is 2.19. The van der Waals surface area contributed by atoms with Gasteiger partial charge in [0.05, 0.1) is 10.5 Å². The zero-order valence-electron chi connectivity index (χ0n) is 9.34. The Bertz CT molecular complexity index is 273. The van der Waals surface area contributed by atoms with E-state index in [2.05, 4.69) is 5.32 Å². The van der Waals surface area contributed by atoms with Crippen LogP contribution in [0.15, 0.2) is 0 Å². The molecule has 1 N–H and O–H groups in total. The van der Waals surface area contributed by atoms with E-state index in [-0.39, 0.29) is 0 Å². The van der Waals surface area contributed by atoms with Crippen molar-refractivity contribution < 1.29 is 8.42 Å². The molecule has 4 heteroatoms. The van der Waals surface area contributed by atoms with Crippen molar-refractivity contribution in [1.82, 2.24) is 5.32 Å². The molecule has 0 atom stereocenters. The van der Waals surface area contributed by atoms with Crippen LogP contribution in [0, 0.1) is 0 Å². The van der Waals surface area contributed by atoms with Gasteiger partial charge in [0.2, 0.25) is 0 Å². The van der Waals surface area contributed by atoms with E-state index in [1.165, 1.54) is 12.8 Å². The minimum Gasteiger partial charge on any atom is -0.314 e. The molecule has 0 amide bonds. The Morgan fingerprint density at radius 1 is 1.29 bits per heavy atom. The van der Waals surface area contributed by atoms with Crippen molar-refractivity contribution in [2.75, 3.05) is 12.3 Å². The molecular formula is C10H21NO2S. The van der Waals surface area contributed by atoms with Crippen LogP contribution in [0.5, 0.6) is 0 Å². The lowest BCUT2D eigenvalue weighted by atomic mass is 10.3. The molecule has 0 aromatic carbocycles. The van der Waals surface area contributed by atoms with Gasteiger partial charge in [0.15, 0.2) is 9.84 Å². The third-order valence-corrected chi connectivity index (χ3v) is 5.23. The molecule has 1 aliphatic carbocycles. The molecule has 1 saturated carbocycles. The maximum Gasteiger partial charge on any atom is 0.155 e. The zero-order chi connectivity index (χ0) is 10.8. The SMILES string of the molecule is CC(C)(C)S(=O)(=O)CCCNC1CC1. The second kappa shape index (κ2) is 4.19. The van der Waals surface area contributed by atoms with E-state index in [4.69, 9.17) is 0 Å². The average Bonchev–Trinajstić information content (AvgIpc) is 2.79. The van der Waals surface area contributed by atoms with Crippen molar-refractivity contribution in [2.45, 2.75) is 50.8 Å².